The van der Waals surface area contributed by atoms with Crippen LogP contribution in [0.2, 0.25) is 0 Å². The summed E-state index contributed by atoms with van der Waals surface area (Å²) in [5.74, 6) is 0.253. The molecule has 1 fully saturated rings. The number of imidazole rings is 1. The predicted octanol–water partition coefficient (Wildman–Crippen LogP) is 2.00. The molecule has 1 saturated carbocycles. The lowest BCUT2D eigenvalue weighted by Gasteiger charge is -2.22. The van der Waals surface area contributed by atoms with Gasteiger partial charge in [-0.05, 0) is 18.9 Å². The molecule has 3 aromatic rings. The van der Waals surface area contributed by atoms with Crippen LogP contribution in [0, 0.1) is 0 Å². The highest BCUT2D eigenvalue weighted by Gasteiger charge is 2.19. The molecular formula is C21H31N7O3. The summed E-state index contributed by atoms with van der Waals surface area (Å²) in [6, 6.07) is 1.94. The van der Waals surface area contributed by atoms with Gasteiger partial charge in [-0.1, -0.05) is 19.3 Å². The summed E-state index contributed by atoms with van der Waals surface area (Å²) in [6.45, 7) is 0.566. The van der Waals surface area contributed by atoms with Crippen LogP contribution in [-0.4, -0.2) is 66.7 Å². The van der Waals surface area contributed by atoms with Crippen molar-refractivity contribution in [2.75, 3.05) is 20.3 Å². The van der Waals surface area contributed by atoms with E-state index in [0.717, 1.165) is 31.2 Å². The maximum atomic E-state index is 12.8. The molecule has 3 heterocycles. The lowest BCUT2D eigenvalue weighted by molar-refractivity contribution is 0.0922. The fourth-order valence-corrected chi connectivity index (χ4v) is 3.34. The largest absolute Gasteiger partial charge is 0.394 e. The van der Waals surface area contributed by atoms with Gasteiger partial charge >= 0.3 is 0 Å². The number of carbonyl (C=O) groups excluding carboxylic acids is 1. The number of rotatable bonds is 6. The first-order valence-electron chi connectivity index (χ1n) is 10.4. The van der Waals surface area contributed by atoms with Crippen molar-refractivity contribution in [2.24, 2.45) is 7.05 Å². The first-order chi connectivity index (χ1) is 15.1. The molecule has 2 N–H and O–H groups in total. The van der Waals surface area contributed by atoms with Crippen molar-refractivity contribution in [3.05, 3.63) is 42.9 Å². The molecule has 0 bridgehead atoms. The molecule has 0 saturated heterocycles. The van der Waals surface area contributed by atoms with Crippen LogP contribution >= 0.6 is 0 Å². The van der Waals surface area contributed by atoms with Crippen LogP contribution < -0.4 is 5.32 Å². The van der Waals surface area contributed by atoms with Gasteiger partial charge in [0, 0.05) is 45.8 Å². The number of aliphatic hydroxyl groups excluding tert-OH is 1. The van der Waals surface area contributed by atoms with Gasteiger partial charge < -0.3 is 15.2 Å². The topological polar surface area (TPSA) is 120 Å². The van der Waals surface area contributed by atoms with Gasteiger partial charge in [-0.2, -0.15) is 5.10 Å². The summed E-state index contributed by atoms with van der Waals surface area (Å²) in [6.07, 6.45) is 14.2. The monoisotopic (exact) mass is 429 g/mol. The number of nitrogens with zero attached hydrogens (tertiary/aromatic N) is 6. The Morgan fingerprint density at radius 3 is 2.71 bits per heavy atom. The molecule has 168 valence electrons. The van der Waals surface area contributed by atoms with Gasteiger partial charge in [-0.15, -0.1) is 0 Å². The molecular weight excluding hydrogens is 398 g/mol. The molecule has 0 atom stereocenters. The van der Waals surface area contributed by atoms with E-state index in [1.54, 1.807) is 47.3 Å². The van der Waals surface area contributed by atoms with Gasteiger partial charge in [0.1, 0.15) is 12.0 Å². The first-order valence-corrected chi connectivity index (χ1v) is 10.4. The summed E-state index contributed by atoms with van der Waals surface area (Å²) < 4.78 is 7.84. The predicted molar refractivity (Wildman–Crippen MR) is 117 cm³/mol. The Kier molecular flexibility index (Phi) is 8.25. The number of aliphatic hydroxyl groups is 1. The average molecular weight is 430 g/mol. The van der Waals surface area contributed by atoms with Gasteiger partial charge in [0.05, 0.1) is 25.1 Å². The molecule has 31 heavy (non-hydrogen) atoms. The molecule has 1 aliphatic rings. The Hall–Kier alpha value is -3.11. The van der Waals surface area contributed by atoms with Crippen molar-refractivity contribution in [3.63, 3.8) is 0 Å². The number of aromatic nitrogens is 6. The highest BCUT2D eigenvalue weighted by Crippen LogP contribution is 2.20. The molecule has 0 aromatic carbocycles. The van der Waals surface area contributed by atoms with E-state index < -0.39 is 0 Å². The Balaban J connectivity index is 0.000000548. The van der Waals surface area contributed by atoms with Crippen molar-refractivity contribution < 1.29 is 16.1 Å². The number of nitrogens with one attached hydrogen (secondary N) is 1. The number of carbonyl (C=O) groups is 1. The maximum absolute atomic E-state index is 12.8. The fourth-order valence-electron chi connectivity index (χ4n) is 3.34. The van der Waals surface area contributed by atoms with E-state index in [2.05, 4.69) is 30.1 Å². The number of hydrogen-bond acceptors (Lipinski definition) is 7. The van der Waals surface area contributed by atoms with Crippen LogP contribution in [-0.2, 0) is 11.8 Å². The van der Waals surface area contributed by atoms with Gasteiger partial charge in [0.25, 0.3) is 5.91 Å². The summed E-state index contributed by atoms with van der Waals surface area (Å²) in [5.41, 5.74) is 1.85. The zero-order valence-corrected chi connectivity index (χ0v) is 17.9. The van der Waals surface area contributed by atoms with E-state index in [9.17, 15) is 4.79 Å². The third-order valence-electron chi connectivity index (χ3n) is 4.92. The van der Waals surface area contributed by atoms with Crippen molar-refractivity contribution in [2.45, 2.75) is 38.1 Å². The zero-order chi connectivity index (χ0) is 22.1. The zero-order valence-electron chi connectivity index (χ0n) is 17.9. The molecule has 0 aliphatic heterocycles. The third kappa shape index (κ3) is 6.43. The summed E-state index contributed by atoms with van der Waals surface area (Å²) in [4.78, 5) is 25.8. The molecule has 0 spiro atoms. The smallest absolute Gasteiger partial charge is 0.270 e. The summed E-state index contributed by atoms with van der Waals surface area (Å²) >= 11 is 0. The van der Waals surface area contributed by atoms with Crippen LogP contribution in [0.1, 0.15) is 44.0 Å². The van der Waals surface area contributed by atoms with E-state index in [0.29, 0.717) is 23.9 Å². The Labute approximate surface area is 182 Å². The molecule has 10 nitrogen and oxygen atoms in total. The molecule has 0 radical (unpaired) electrons. The minimum atomic E-state index is -0.161. The lowest BCUT2D eigenvalue weighted by atomic mass is 9.95. The highest BCUT2D eigenvalue weighted by atomic mass is 16.5. The summed E-state index contributed by atoms with van der Waals surface area (Å²) in [7, 11) is 3.40. The van der Waals surface area contributed by atoms with Crippen LogP contribution in [0.5, 0.6) is 0 Å². The van der Waals surface area contributed by atoms with Crippen molar-refractivity contribution >= 4 is 5.91 Å². The molecule has 4 rings (SSSR count). The van der Waals surface area contributed by atoms with Crippen LogP contribution in [0.3, 0.4) is 0 Å². The van der Waals surface area contributed by atoms with Crippen molar-refractivity contribution in [1.82, 2.24) is 34.6 Å². The van der Waals surface area contributed by atoms with Crippen molar-refractivity contribution in [3.8, 4) is 17.2 Å². The average Bonchev–Trinajstić information content (AvgIpc) is 3.47. The van der Waals surface area contributed by atoms with E-state index >= 15 is 0 Å². The standard InChI is InChI=1S/C18H21N7O.C3H8O2.H2/c1-24-11-13(10-20-24)15-9-16(17(26)21-14-5-3-2-4-6-14)23-18(22-15)25-8-7-19-12-25;1-5-3-2-4;/h7-12,14H,2-6H2,1H3,(H,21,26);4H,2-3H2,1H3;1H. The normalized spacial score (nSPS) is 14.0. The minimum Gasteiger partial charge on any atom is -0.394 e. The van der Waals surface area contributed by atoms with Crippen molar-refractivity contribution in [1.29, 1.82) is 0 Å². The van der Waals surface area contributed by atoms with Gasteiger partial charge in [0.15, 0.2) is 0 Å². The Bertz CT molecular complexity index is 954. The second-order valence-corrected chi connectivity index (χ2v) is 7.34. The fraction of sp³-hybridized carbons (Fsp3) is 0.476. The van der Waals surface area contributed by atoms with Crippen LogP contribution in [0.25, 0.3) is 17.2 Å². The second-order valence-electron chi connectivity index (χ2n) is 7.34. The number of ether oxygens (including phenoxy) is 1. The molecule has 10 heteroatoms. The number of hydrogen-bond donors (Lipinski definition) is 2. The number of aryl methyl sites for hydroxylation is 1. The molecule has 1 amide bonds. The van der Waals surface area contributed by atoms with Crippen LogP contribution in [0.4, 0.5) is 0 Å². The highest BCUT2D eigenvalue weighted by molar-refractivity contribution is 5.93. The number of methoxy groups -OCH3 is 1. The summed E-state index contributed by atoms with van der Waals surface area (Å²) in [5, 5.41) is 15.2. The number of amides is 1. The minimum absolute atomic E-state index is 0. The van der Waals surface area contributed by atoms with E-state index in [1.807, 2.05) is 13.2 Å². The van der Waals surface area contributed by atoms with Gasteiger partial charge in [-0.25, -0.2) is 15.0 Å². The maximum Gasteiger partial charge on any atom is 0.270 e. The van der Waals surface area contributed by atoms with E-state index in [1.165, 1.54) is 6.42 Å². The Morgan fingerprint density at radius 1 is 1.32 bits per heavy atom. The molecule has 1 aliphatic carbocycles. The van der Waals surface area contributed by atoms with Gasteiger partial charge in [-0.3, -0.25) is 14.0 Å². The third-order valence-corrected chi connectivity index (χ3v) is 4.92. The van der Waals surface area contributed by atoms with Crippen LogP contribution in [0.15, 0.2) is 37.2 Å². The van der Waals surface area contributed by atoms with E-state index in [-0.39, 0.29) is 20.0 Å². The van der Waals surface area contributed by atoms with E-state index in [4.69, 9.17) is 5.11 Å². The quantitative estimate of drug-likeness (QED) is 0.615. The van der Waals surface area contributed by atoms with Gasteiger partial charge in [0.2, 0.25) is 5.95 Å². The lowest BCUT2D eigenvalue weighted by Crippen LogP contribution is -2.36. The Morgan fingerprint density at radius 2 is 2.13 bits per heavy atom. The SMILES string of the molecule is COCCO.Cn1cc(-c2cc(C(=O)NC3CCCCC3)nc(-n3ccnc3)n2)cn1.[HH]. The molecule has 3 aromatic heterocycles. The second kappa shape index (κ2) is 11.3. The first kappa shape index (κ1) is 22.6. The molecule has 0 unspecified atom stereocenters.